The molecule has 0 radical (unpaired) electrons. The summed E-state index contributed by atoms with van der Waals surface area (Å²) in [6.45, 7) is 2.28. The SMILES string of the molecule is CCNC(=O)COc1ccc(/C=C/c2cc(C(=O)O)c3ccccc3n2)cc1OC. The Bertz CT molecular complexity index is 1110. The summed E-state index contributed by atoms with van der Waals surface area (Å²) in [5.41, 5.74) is 2.15. The first-order valence-corrected chi connectivity index (χ1v) is 9.40. The molecule has 0 saturated heterocycles. The van der Waals surface area contributed by atoms with Crippen LogP contribution in [0.4, 0.5) is 0 Å². The van der Waals surface area contributed by atoms with Crippen LogP contribution in [0.2, 0.25) is 0 Å². The van der Waals surface area contributed by atoms with Crippen LogP contribution in [-0.4, -0.2) is 42.2 Å². The van der Waals surface area contributed by atoms with Gasteiger partial charge in [-0.2, -0.15) is 0 Å². The predicted molar refractivity (Wildman–Crippen MR) is 115 cm³/mol. The van der Waals surface area contributed by atoms with Gasteiger partial charge in [0.05, 0.1) is 23.9 Å². The molecule has 0 fully saturated rings. The third kappa shape index (κ3) is 4.94. The zero-order valence-electron chi connectivity index (χ0n) is 16.7. The molecule has 7 heteroatoms. The van der Waals surface area contributed by atoms with Crippen LogP contribution in [0.3, 0.4) is 0 Å². The standard InChI is InChI=1S/C23H22N2O5/c1-3-24-22(26)14-30-20-11-9-15(12-21(20)29-2)8-10-16-13-18(23(27)28)17-6-4-5-7-19(17)25-16/h4-13H,3,14H2,1-2H3,(H,24,26)(H,27,28)/b10-8+. The number of aromatic nitrogens is 1. The second-order valence-corrected chi connectivity index (χ2v) is 6.40. The molecule has 30 heavy (non-hydrogen) atoms. The minimum absolute atomic E-state index is 0.0988. The molecule has 7 nitrogen and oxygen atoms in total. The van der Waals surface area contributed by atoms with Crippen LogP contribution in [0.15, 0.2) is 48.5 Å². The molecule has 0 spiro atoms. The summed E-state index contributed by atoms with van der Waals surface area (Å²) >= 11 is 0. The molecule has 1 aromatic heterocycles. The van der Waals surface area contributed by atoms with Crippen molar-refractivity contribution in [3.8, 4) is 11.5 Å². The van der Waals surface area contributed by atoms with Gasteiger partial charge in [-0.1, -0.05) is 30.3 Å². The van der Waals surface area contributed by atoms with Crippen LogP contribution in [0.25, 0.3) is 23.1 Å². The van der Waals surface area contributed by atoms with Gasteiger partial charge in [-0.15, -0.1) is 0 Å². The van der Waals surface area contributed by atoms with E-state index in [4.69, 9.17) is 9.47 Å². The predicted octanol–water partition coefficient (Wildman–Crippen LogP) is 3.63. The number of carbonyl (C=O) groups excluding carboxylic acids is 1. The number of pyridine rings is 1. The van der Waals surface area contributed by atoms with Crippen LogP contribution in [-0.2, 0) is 4.79 Å². The number of nitrogens with one attached hydrogen (secondary N) is 1. The summed E-state index contributed by atoms with van der Waals surface area (Å²) in [5, 5.41) is 12.8. The van der Waals surface area contributed by atoms with Crippen LogP contribution < -0.4 is 14.8 Å². The fourth-order valence-electron chi connectivity index (χ4n) is 2.94. The summed E-state index contributed by atoms with van der Waals surface area (Å²) in [5.74, 6) is -0.268. The zero-order valence-corrected chi connectivity index (χ0v) is 16.7. The number of fused-ring (bicyclic) bond motifs is 1. The minimum atomic E-state index is -1.00. The van der Waals surface area contributed by atoms with Gasteiger partial charge in [-0.3, -0.25) is 4.79 Å². The number of benzene rings is 2. The van der Waals surface area contributed by atoms with Gasteiger partial charge >= 0.3 is 5.97 Å². The molecule has 3 rings (SSSR count). The molecular weight excluding hydrogens is 384 g/mol. The summed E-state index contributed by atoms with van der Waals surface area (Å²) in [6.07, 6.45) is 3.54. The number of likely N-dealkylation sites (N-methyl/N-ethyl adjacent to an activating group) is 1. The first-order chi connectivity index (χ1) is 14.5. The number of carboxylic acid groups (broad SMARTS) is 1. The van der Waals surface area contributed by atoms with Crippen molar-refractivity contribution in [1.29, 1.82) is 0 Å². The van der Waals surface area contributed by atoms with Crippen LogP contribution in [0, 0.1) is 0 Å². The van der Waals surface area contributed by atoms with Gasteiger partial charge in [0.25, 0.3) is 5.91 Å². The van der Waals surface area contributed by atoms with E-state index >= 15 is 0 Å². The van der Waals surface area contributed by atoms with E-state index in [2.05, 4.69) is 10.3 Å². The number of hydrogen-bond donors (Lipinski definition) is 2. The molecule has 2 aromatic carbocycles. The minimum Gasteiger partial charge on any atom is -0.493 e. The lowest BCUT2D eigenvalue weighted by Gasteiger charge is -2.11. The summed E-state index contributed by atoms with van der Waals surface area (Å²) in [4.78, 5) is 27.7. The largest absolute Gasteiger partial charge is 0.493 e. The summed E-state index contributed by atoms with van der Waals surface area (Å²) in [7, 11) is 1.52. The van der Waals surface area contributed by atoms with Crippen molar-refractivity contribution in [2.24, 2.45) is 0 Å². The Balaban J connectivity index is 1.84. The first kappa shape index (κ1) is 20.9. The number of amides is 1. The van der Waals surface area contributed by atoms with Gasteiger partial charge in [-0.05, 0) is 42.8 Å². The molecule has 1 amide bonds. The Morgan fingerprint density at radius 1 is 1.10 bits per heavy atom. The molecule has 0 atom stereocenters. The maximum atomic E-state index is 11.6. The molecule has 0 bridgehead atoms. The Hall–Kier alpha value is -3.87. The average Bonchev–Trinajstić information content (AvgIpc) is 2.76. The lowest BCUT2D eigenvalue weighted by Crippen LogP contribution is -2.28. The van der Waals surface area contributed by atoms with Crippen molar-refractivity contribution in [2.45, 2.75) is 6.92 Å². The molecular formula is C23H22N2O5. The smallest absolute Gasteiger partial charge is 0.336 e. The molecule has 1 heterocycles. The highest BCUT2D eigenvalue weighted by molar-refractivity contribution is 6.03. The molecule has 0 aliphatic heterocycles. The maximum Gasteiger partial charge on any atom is 0.336 e. The quantitative estimate of drug-likeness (QED) is 0.593. The van der Waals surface area contributed by atoms with Crippen LogP contribution >= 0.6 is 0 Å². The number of hydrogen-bond acceptors (Lipinski definition) is 5. The number of nitrogens with zero attached hydrogens (tertiary/aromatic N) is 1. The van der Waals surface area contributed by atoms with Crippen molar-refractivity contribution in [3.05, 3.63) is 65.4 Å². The van der Waals surface area contributed by atoms with E-state index in [0.29, 0.717) is 34.6 Å². The molecule has 0 unspecified atom stereocenters. The van der Waals surface area contributed by atoms with Gasteiger partial charge in [-0.25, -0.2) is 9.78 Å². The third-order valence-corrected chi connectivity index (χ3v) is 4.33. The molecule has 0 aliphatic carbocycles. The van der Waals surface area contributed by atoms with Gasteiger partial charge in [0, 0.05) is 11.9 Å². The Kier molecular flexibility index (Phi) is 6.64. The molecule has 154 valence electrons. The number of carbonyl (C=O) groups is 2. The first-order valence-electron chi connectivity index (χ1n) is 9.40. The lowest BCUT2D eigenvalue weighted by atomic mass is 10.1. The molecule has 2 N–H and O–H groups in total. The lowest BCUT2D eigenvalue weighted by molar-refractivity contribution is -0.123. The van der Waals surface area contributed by atoms with E-state index in [1.165, 1.54) is 7.11 Å². The van der Waals surface area contributed by atoms with E-state index in [1.54, 1.807) is 48.6 Å². The van der Waals surface area contributed by atoms with Gasteiger partial charge < -0.3 is 19.9 Å². The highest BCUT2D eigenvalue weighted by Crippen LogP contribution is 2.29. The number of para-hydroxylation sites is 1. The highest BCUT2D eigenvalue weighted by atomic mass is 16.5. The van der Waals surface area contributed by atoms with E-state index in [1.807, 2.05) is 19.1 Å². The average molecular weight is 406 g/mol. The number of carboxylic acids is 1. The topological polar surface area (TPSA) is 97.8 Å². The van der Waals surface area contributed by atoms with Crippen molar-refractivity contribution in [1.82, 2.24) is 10.3 Å². The third-order valence-electron chi connectivity index (χ3n) is 4.33. The fraction of sp³-hybridized carbons (Fsp3) is 0.174. The van der Waals surface area contributed by atoms with Crippen molar-refractivity contribution in [2.75, 3.05) is 20.3 Å². The van der Waals surface area contributed by atoms with Crippen molar-refractivity contribution in [3.63, 3.8) is 0 Å². The van der Waals surface area contributed by atoms with E-state index in [0.717, 1.165) is 5.56 Å². The van der Waals surface area contributed by atoms with E-state index in [9.17, 15) is 14.7 Å². The van der Waals surface area contributed by atoms with Gasteiger partial charge in [0.15, 0.2) is 18.1 Å². The number of ether oxygens (including phenoxy) is 2. The van der Waals surface area contributed by atoms with E-state index < -0.39 is 5.97 Å². The Morgan fingerprint density at radius 2 is 1.90 bits per heavy atom. The molecule has 3 aromatic rings. The number of aromatic carboxylic acids is 1. The monoisotopic (exact) mass is 406 g/mol. The summed E-state index contributed by atoms with van der Waals surface area (Å²) < 4.78 is 10.9. The maximum absolute atomic E-state index is 11.6. The van der Waals surface area contributed by atoms with Crippen LogP contribution in [0.5, 0.6) is 11.5 Å². The van der Waals surface area contributed by atoms with E-state index in [-0.39, 0.29) is 18.1 Å². The van der Waals surface area contributed by atoms with Crippen molar-refractivity contribution < 1.29 is 24.2 Å². The number of rotatable bonds is 8. The van der Waals surface area contributed by atoms with Gasteiger partial charge in [0.2, 0.25) is 0 Å². The van der Waals surface area contributed by atoms with Crippen LogP contribution in [0.1, 0.15) is 28.5 Å². The summed E-state index contributed by atoms with van der Waals surface area (Å²) in [6, 6.07) is 14.0. The Labute approximate surface area is 174 Å². The second-order valence-electron chi connectivity index (χ2n) is 6.40. The molecule has 0 saturated carbocycles. The number of methoxy groups -OCH3 is 1. The van der Waals surface area contributed by atoms with Crippen molar-refractivity contribution >= 4 is 34.9 Å². The fourth-order valence-corrected chi connectivity index (χ4v) is 2.94. The molecule has 0 aliphatic rings. The normalized spacial score (nSPS) is 10.9. The van der Waals surface area contributed by atoms with Gasteiger partial charge in [0.1, 0.15) is 0 Å². The Morgan fingerprint density at radius 3 is 2.63 bits per heavy atom. The highest BCUT2D eigenvalue weighted by Gasteiger charge is 2.11. The zero-order chi connectivity index (χ0) is 21.5. The second kappa shape index (κ2) is 9.56.